The molecule has 1 aromatic heterocycles. The highest BCUT2D eigenvalue weighted by Gasteiger charge is 2.31. The number of anilines is 1. The number of aryl methyl sites for hydroxylation is 2. The summed E-state index contributed by atoms with van der Waals surface area (Å²) in [5, 5.41) is 24.3. The maximum Gasteiger partial charge on any atom is 0.334 e. The molecule has 0 saturated heterocycles. The van der Waals surface area contributed by atoms with E-state index < -0.39 is 10.9 Å². The highest BCUT2D eigenvalue weighted by Crippen LogP contribution is 2.33. The van der Waals surface area contributed by atoms with E-state index in [1.54, 1.807) is 25.8 Å². The summed E-state index contributed by atoms with van der Waals surface area (Å²) in [4.78, 5) is 23.4. The minimum atomic E-state index is -0.934. The lowest BCUT2D eigenvalue weighted by molar-refractivity contribution is -0.384. The molecule has 20 heavy (non-hydrogen) atoms. The van der Waals surface area contributed by atoms with Gasteiger partial charge in [-0.25, -0.2) is 4.68 Å². The van der Waals surface area contributed by atoms with Crippen LogP contribution in [-0.2, 0) is 18.3 Å². The van der Waals surface area contributed by atoms with Gasteiger partial charge in [0, 0.05) is 19.6 Å². The lowest BCUT2D eigenvalue weighted by atomic mass is 10.2. The second kappa shape index (κ2) is 6.36. The van der Waals surface area contributed by atoms with Gasteiger partial charge in [0.1, 0.15) is 5.69 Å². The first kappa shape index (κ1) is 15.9. The van der Waals surface area contributed by atoms with Crippen LogP contribution in [0.2, 0.25) is 0 Å². The van der Waals surface area contributed by atoms with Gasteiger partial charge in [-0.1, -0.05) is 6.92 Å². The van der Waals surface area contributed by atoms with Crippen molar-refractivity contribution in [3.63, 3.8) is 0 Å². The molecule has 1 unspecified atom stereocenters. The molecule has 0 radical (unpaired) electrons. The van der Waals surface area contributed by atoms with Gasteiger partial charge in [0.05, 0.1) is 11.3 Å². The van der Waals surface area contributed by atoms with E-state index in [2.05, 4.69) is 5.10 Å². The Morgan fingerprint density at radius 3 is 2.55 bits per heavy atom. The maximum absolute atomic E-state index is 11.3. The first-order valence-corrected chi connectivity index (χ1v) is 6.52. The van der Waals surface area contributed by atoms with Crippen LogP contribution >= 0.6 is 0 Å². The van der Waals surface area contributed by atoms with Gasteiger partial charge in [-0.05, 0) is 20.3 Å². The monoisotopic (exact) mass is 284 g/mol. The van der Waals surface area contributed by atoms with E-state index >= 15 is 0 Å². The summed E-state index contributed by atoms with van der Waals surface area (Å²) in [7, 11) is 1.64. The van der Waals surface area contributed by atoms with Gasteiger partial charge in [0.25, 0.3) is 0 Å². The summed E-state index contributed by atoms with van der Waals surface area (Å²) in [6.07, 6.45) is 0.368. The highest BCUT2D eigenvalue weighted by molar-refractivity contribution is 5.69. The fraction of sp³-hybridized carbons (Fsp3) is 0.667. The average Bonchev–Trinajstić information content (AvgIpc) is 2.67. The molecule has 1 rings (SSSR count). The third-order valence-corrected chi connectivity index (χ3v) is 3.19. The molecule has 0 spiro atoms. The fourth-order valence-electron chi connectivity index (χ4n) is 2.34. The van der Waals surface area contributed by atoms with Crippen LogP contribution in [0.15, 0.2) is 0 Å². The van der Waals surface area contributed by atoms with Crippen LogP contribution in [0.1, 0.15) is 32.9 Å². The zero-order valence-corrected chi connectivity index (χ0v) is 12.2. The molecule has 8 heteroatoms. The lowest BCUT2D eigenvalue weighted by Crippen LogP contribution is -2.36. The van der Waals surface area contributed by atoms with E-state index in [9.17, 15) is 14.9 Å². The van der Waals surface area contributed by atoms with E-state index in [1.165, 1.54) is 4.68 Å². The van der Waals surface area contributed by atoms with Crippen LogP contribution < -0.4 is 4.90 Å². The van der Waals surface area contributed by atoms with Crippen LogP contribution in [0.5, 0.6) is 0 Å². The zero-order valence-electron chi connectivity index (χ0n) is 12.2. The molecule has 0 saturated carbocycles. The molecule has 112 valence electrons. The van der Waals surface area contributed by atoms with Gasteiger partial charge in [-0.2, -0.15) is 5.10 Å². The van der Waals surface area contributed by atoms with Crippen LogP contribution in [-0.4, -0.2) is 38.4 Å². The quantitative estimate of drug-likeness (QED) is 0.602. The van der Waals surface area contributed by atoms with Crippen molar-refractivity contribution in [1.29, 1.82) is 0 Å². The Hall–Kier alpha value is -2.12. The number of aromatic nitrogens is 2. The molecule has 0 fully saturated rings. The smallest absolute Gasteiger partial charge is 0.334 e. The predicted octanol–water partition coefficient (Wildman–Crippen LogP) is 1.58. The van der Waals surface area contributed by atoms with Crippen LogP contribution in [0.3, 0.4) is 0 Å². The van der Waals surface area contributed by atoms with Gasteiger partial charge in [-0.15, -0.1) is 0 Å². The van der Waals surface area contributed by atoms with Gasteiger partial charge < -0.3 is 10.0 Å². The molecule has 0 aromatic carbocycles. The standard InChI is InChI=1S/C12H20N4O4/c1-5-9-11(16(19)20)12(14(4)13-9)15(6-2)8(3)7-10(17)18/h8H,5-7H2,1-4H3,(H,17,18). The largest absolute Gasteiger partial charge is 0.481 e. The van der Waals surface area contributed by atoms with Gasteiger partial charge in [0.2, 0.25) is 5.82 Å². The first-order valence-electron chi connectivity index (χ1n) is 6.52. The van der Waals surface area contributed by atoms with Crippen LogP contribution in [0, 0.1) is 10.1 Å². The van der Waals surface area contributed by atoms with Crippen molar-refractivity contribution in [3.05, 3.63) is 15.8 Å². The molecule has 0 bridgehead atoms. The van der Waals surface area contributed by atoms with Crippen molar-refractivity contribution < 1.29 is 14.8 Å². The molecule has 0 aliphatic rings. The number of nitro groups is 1. The van der Waals surface area contributed by atoms with E-state index in [-0.39, 0.29) is 18.2 Å². The Balaban J connectivity index is 3.30. The van der Waals surface area contributed by atoms with Gasteiger partial charge >= 0.3 is 11.7 Å². The Labute approximate surface area is 117 Å². The summed E-state index contributed by atoms with van der Waals surface area (Å²) in [5.41, 5.74) is 0.377. The first-order chi connectivity index (χ1) is 9.33. The third-order valence-electron chi connectivity index (χ3n) is 3.19. The number of carboxylic acids is 1. The van der Waals surface area contributed by atoms with Crippen molar-refractivity contribution >= 4 is 17.5 Å². The Bertz CT molecular complexity index is 512. The minimum Gasteiger partial charge on any atom is -0.481 e. The molecule has 0 aliphatic heterocycles. The second-order valence-corrected chi connectivity index (χ2v) is 4.59. The van der Waals surface area contributed by atoms with Crippen molar-refractivity contribution in [2.75, 3.05) is 11.4 Å². The third kappa shape index (κ3) is 3.06. The van der Waals surface area contributed by atoms with E-state index in [4.69, 9.17) is 5.11 Å². The lowest BCUT2D eigenvalue weighted by Gasteiger charge is -2.28. The number of nitrogens with zero attached hydrogens (tertiary/aromatic N) is 4. The molecular weight excluding hydrogens is 264 g/mol. The molecule has 1 N–H and O–H groups in total. The van der Waals surface area contributed by atoms with Gasteiger partial charge in [-0.3, -0.25) is 14.9 Å². The Kier molecular flexibility index (Phi) is 5.06. The Morgan fingerprint density at radius 1 is 1.55 bits per heavy atom. The minimum absolute atomic E-state index is 0.0333. The topological polar surface area (TPSA) is 102 Å². The Morgan fingerprint density at radius 2 is 2.15 bits per heavy atom. The molecular formula is C12H20N4O4. The van der Waals surface area contributed by atoms with Crippen molar-refractivity contribution in [2.24, 2.45) is 7.05 Å². The molecule has 1 aromatic rings. The number of aliphatic carboxylic acids is 1. The summed E-state index contributed by atoms with van der Waals surface area (Å²) < 4.78 is 1.46. The number of hydrogen-bond donors (Lipinski definition) is 1. The molecule has 1 heterocycles. The summed E-state index contributed by atoms with van der Waals surface area (Å²) in [6.45, 7) is 5.84. The normalized spacial score (nSPS) is 12.2. The van der Waals surface area contributed by atoms with E-state index in [1.807, 2.05) is 6.92 Å². The molecule has 8 nitrogen and oxygen atoms in total. The number of hydrogen-bond acceptors (Lipinski definition) is 5. The van der Waals surface area contributed by atoms with Crippen molar-refractivity contribution in [2.45, 2.75) is 39.7 Å². The second-order valence-electron chi connectivity index (χ2n) is 4.59. The van der Waals surface area contributed by atoms with E-state index in [0.29, 0.717) is 24.5 Å². The van der Waals surface area contributed by atoms with Crippen LogP contribution in [0.25, 0.3) is 0 Å². The van der Waals surface area contributed by atoms with Crippen molar-refractivity contribution in [3.8, 4) is 0 Å². The van der Waals surface area contributed by atoms with Gasteiger partial charge in [0.15, 0.2) is 0 Å². The molecule has 0 amide bonds. The fourth-order valence-corrected chi connectivity index (χ4v) is 2.34. The maximum atomic E-state index is 11.3. The van der Waals surface area contributed by atoms with Crippen molar-refractivity contribution in [1.82, 2.24) is 9.78 Å². The van der Waals surface area contributed by atoms with E-state index in [0.717, 1.165) is 0 Å². The number of rotatable bonds is 7. The SMILES string of the molecule is CCc1nn(C)c(N(CC)C(C)CC(=O)O)c1[N+](=O)[O-]. The van der Waals surface area contributed by atoms with Crippen LogP contribution in [0.4, 0.5) is 11.5 Å². The highest BCUT2D eigenvalue weighted by atomic mass is 16.6. The summed E-state index contributed by atoms with van der Waals surface area (Å²) >= 11 is 0. The predicted molar refractivity (Wildman–Crippen MR) is 74.0 cm³/mol. The number of carboxylic acid groups (broad SMARTS) is 1. The summed E-state index contributed by atoms with van der Waals surface area (Å²) in [6, 6.07) is -0.351. The molecule has 0 aliphatic carbocycles. The number of carbonyl (C=O) groups is 1. The zero-order chi connectivity index (χ0) is 15.4. The summed E-state index contributed by atoms with van der Waals surface area (Å²) in [5.74, 6) is -0.570. The average molecular weight is 284 g/mol. The molecule has 1 atom stereocenters.